The number of nitrogens with one attached hydrogen (secondary N) is 3. The Morgan fingerprint density at radius 1 is 1.12 bits per heavy atom. The van der Waals surface area contributed by atoms with E-state index in [9.17, 15) is 19.2 Å². The number of halogens is 1. The van der Waals surface area contributed by atoms with E-state index in [-0.39, 0.29) is 31.3 Å². The second kappa shape index (κ2) is 12.0. The van der Waals surface area contributed by atoms with E-state index in [0.29, 0.717) is 47.2 Å². The Hall–Kier alpha value is -3.99. The van der Waals surface area contributed by atoms with E-state index in [1.165, 1.54) is 4.90 Å². The molecule has 2 aliphatic heterocycles. The third-order valence-corrected chi connectivity index (χ3v) is 7.28. The van der Waals surface area contributed by atoms with Crippen LogP contribution < -0.4 is 20.9 Å². The van der Waals surface area contributed by atoms with Gasteiger partial charge >= 0.3 is 6.09 Å². The lowest BCUT2D eigenvalue weighted by Crippen LogP contribution is -2.53. The fraction of sp³-hybridized carbons (Fsp3) is 0.310. The Balaban J connectivity index is 1.23. The van der Waals surface area contributed by atoms with Gasteiger partial charge in [0.05, 0.1) is 24.5 Å². The van der Waals surface area contributed by atoms with Gasteiger partial charge in [-0.1, -0.05) is 29.8 Å². The van der Waals surface area contributed by atoms with Crippen molar-refractivity contribution in [3.63, 3.8) is 0 Å². The number of ether oxygens (including phenoxy) is 2. The lowest BCUT2D eigenvalue weighted by Gasteiger charge is -2.30. The van der Waals surface area contributed by atoms with Crippen LogP contribution in [0.15, 0.2) is 48.5 Å². The summed E-state index contributed by atoms with van der Waals surface area (Å²) in [6.07, 6.45) is 0.409. The average molecular weight is 565 g/mol. The number of rotatable bonds is 10. The number of carbonyl (C=O) groups excluding carboxylic acids is 4. The van der Waals surface area contributed by atoms with Gasteiger partial charge in [0, 0.05) is 29.1 Å². The average Bonchev–Trinajstić information content (AvgIpc) is 3.21. The normalized spacial score (nSPS) is 16.4. The molecule has 4 amide bonds. The van der Waals surface area contributed by atoms with Crippen LogP contribution in [0, 0.1) is 0 Å². The van der Waals surface area contributed by atoms with Crippen LogP contribution in [-0.4, -0.2) is 56.7 Å². The van der Waals surface area contributed by atoms with Crippen molar-refractivity contribution in [2.75, 3.05) is 37.0 Å². The molecule has 1 unspecified atom stereocenters. The predicted molar refractivity (Wildman–Crippen MR) is 151 cm³/mol. The molecule has 5 rings (SSSR count). The minimum atomic E-state index is -0.766. The first-order valence-corrected chi connectivity index (χ1v) is 13.4. The van der Waals surface area contributed by atoms with Gasteiger partial charge in [-0.25, -0.2) is 4.79 Å². The minimum Gasteiger partial charge on any atom is -0.444 e. The van der Waals surface area contributed by atoms with Crippen molar-refractivity contribution in [3.8, 4) is 0 Å². The molecule has 0 spiro atoms. The van der Waals surface area contributed by atoms with Gasteiger partial charge < -0.3 is 14.8 Å². The second-order valence-electron chi connectivity index (χ2n) is 9.63. The van der Waals surface area contributed by atoms with Crippen molar-refractivity contribution in [2.45, 2.75) is 31.9 Å². The highest BCUT2D eigenvalue weighted by Crippen LogP contribution is 2.40. The molecule has 3 N–H and O–H groups in total. The quantitative estimate of drug-likeness (QED) is 0.253. The van der Waals surface area contributed by atoms with Crippen LogP contribution >= 0.6 is 11.6 Å². The Morgan fingerprint density at radius 3 is 2.75 bits per heavy atom. The molecule has 1 fully saturated rings. The maximum Gasteiger partial charge on any atom is 0.411 e. The number of likely N-dealkylation sites (N-methyl/N-ethyl adjacent to an activating group) is 1. The maximum atomic E-state index is 13.4. The zero-order chi connectivity index (χ0) is 28.2. The third kappa shape index (κ3) is 5.79. The van der Waals surface area contributed by atoms with Crippen molar-refractivity contribution >= 4 is 57.6 Å². The molecule has 2 heterocycles. The van der Waals surface area contributed by atoms with Crippen molar-refractivity contribution < 1.29 is 28.7 Å². The summed E-state index contributed by atoms with van der Waals surface area (Å²) < 4.78 is 11.0. The molecule has 208 valence electrons. The van der Waals surface area contributed by atoms with E-state index in [1.807, 2.05) is 25.2 Å². The molecule has 3 aromatic rings. The van der Waals surface area contributed by atoms with Crippen LogP contribution in [0.2, 0.25) is 5.02 Å². The molecular formula is C29H29ClN4O6. The number of carbonyl (C=O) groups is 4. The van der Waals surface area contributed by atoms with E-state index in [0.717, 1.165) is 22.9 Å². The van der Waals surface area contributed by atoms with E-state index >= 15 is 0 Å². The van der Waals surface area contributed by atoms with Crippen molar-refractivity contribution in [1.29, 1.82) is 0 Å². The standard InChI is InChI=1S/C29H29ClN4O6/c1-31-10-12-39-11-9-18-5-6-20(15-22(18)30)32-29(38)40-16-17-13-19-3-2-4-23-26(19)21(14-17)28(37)34(23)24-7-8-25(35)33-27(24)36/h2-6,13-15,24,31H,7-12,16H2,1H3,(H,32,38)(H,33,35,36). The molecule has 40 heavy (non-hydrogen) atoms. The molecule has 0 saturated carbocycles. The van der Waals surface area contributed by atoms with Crippen LogP contribution in [-0.2, 0) is 32.1 Å². The van der Waals surface area contributed by atoms with Crippen molar-refractivity contribution in [2.24, 2.45) is 0 Å². The summed E-state index contributed by atoms with van der Waals surface area (Å²) in [4.78, 5) is 51.5. The molecule has 0 radical (unpaired) electrons. The molecule has 11 heteroatoms. The van der Waals surface area contributed by atoms with Gasteiger partial charge in [-0.15, -0.1) is 0 Å². The van der Waals surface area contributed by atoms with Crippen LogP contribution in [0.3, 0.4) is 0 Å². The number of imide groups is 1. The van der Waals surface area contributed by atoms with Gasteiger partial charge in [0.25, 0.3) is 5.91 Å². The molecule has 2 aliphatic rings. The van der Waals surface area contributed by atoms with E-state index in [4.69, 9.17) is 21.1 Å². The lowest BCUT2D eigenvalue weighted by molar-refractivity contribution is -0.134. The van der Waals surface area contributed by atoms with Crippen LogP contribution in [0.25, 0.3) is 10.8 Å². The number of nitrogens with zero attached hydrogens (tertiary/aromatic N) is 1. The zero-order valence-electron chi connectivity index (χ0n) is 21.9. The Morgan fingerprint density at radius 2 is 1.98 bits per heavy atom. The summed E-state index contributed by atoms with van der Waals surface area (Å²) in [5, 5.41) is 10.0. The van der Waals surface area contributed by atoms with Gasteiger partial charge in [0.2, 0.25) is 11.8 Å². The molecule has 0 aromatic heterocycles. The first-order valence-electron chi connectivity index (χ1n) is 13.0. The van der Waals surface area contributed by atoms with E-state index in [1.54, 1.807) is 30.3 Å². The lowest BCUT2D eigenvalue weighted by atomic mass is 10.0. The third-order valence-electron chi connectivity index (χ3n) is 6.93. The highest BCUT2D eigenvalue weighted by Gasteiger charge is 2.40. The molecule has 10 nitrogen and oxygen atoms in total. The van der Waals surface area contributed by atoms with Gasteiger partial charge in [0.1, 0.15) is 12.6 Å². The zero-order valence-corrected chi connectivity index (χ0v) is 22.7. The smallest absolute Gasteiger partial charge is 0.411 e. The number of anilines is 2. The monoisotopic (exact) mass is 564 g/mol. The van der Waals surface area contributed by atoms with Gasteiger partial charge in [0.15, 0.2) is 0 Å². The van der Waals surface area contributed by atoms with E-state index in [2.05, 4.69) is 16.0 Å². The predicted octanol–water partition coefficient (Wildman–Crippen LogP) is 3.79. The van der Waals surface area contributed by atoms with Gasteiger partial charge in [-0.3, -0.25) is 29.9 Å². The largest absolute Gasteiger partial charge is 0.444 e. The molecule has 3 aromatic carbocycles. The minimum absolute atomic E-state index is 0.0690. The summed E-state index contributed by atoms with van der Waals surface area (Å²) >= 11 is 6.38. The second-order valence-corrected chi connectivity index (χ2v) is 10.0. The molecule has 1 saturated heterocycles. The maximum absolute atomic E-state index is 13.4. The Bertz CT molecular complexity index is 1490. The number of benzene rings is 3. The highest BCUT2D eigenvalue weighted by atomic mass is 35.5. The summed E-state index contributed by atoms with van der Waals surface area (Å²) in [7, 11) is 1.86. The molecule has 0 bridgehead atoms. The molecule has 1 atom stereocenters. The fourth-order valence-electron chi connectivity index (χ4n) is 4.99. The summed E-state index contributed by atoms with van der Waals surface area (Å²) in [6, 6.07) is 13.5. The van der Waals surface area contributed by atoms with Crippen LogP contribution in [0.1, 0.15) is 34.3 Å². The fourth-order valence-corrected chi connectivity index (χ4v) is 5.26. The summed E-state index contributed by atoms with van der Waals surface area (Å²) in [5.41, 5.74) is 3.08. The number of hydrogen-bond acceptors (Lipinski definition) is 7. The number of hydrogen-bond donors (Lipinski definition) is 3. The first kappa shape index (κ1) is 27.6. The van der Waals surface area contributed by atoms with Crippen LogP contribution in [0.4, 0.5) is 16.2 Å². The van der Waals surface area contributed by atoms with Crippen molar-refractivity contribution in [1.82, 2.24) is 10.6 Å². The van der Waals surface area contributed by atoms with Gasteiger partial charge in [-0.2, -0.15) is 0 Å². The number of piperidine rings is 1. The van der Waals surface area contributed by atoms with E-state index < -0.39 is 18.0 Å². The summed E-state index contributed by atoms with van der Waals surface area (Å²) in [6.45, 7) is 1.86. The SMILES string of the molecule is CNCCOCCc1ccc(NC(=O)OCc2cc3c4c(cccc4c2)N(C2CCC(=O)NC2=O)C3=O)cc1Cl. The topological polar surface area (TPSA) is 126 Å². The van der Waals surface area contributed by atoms with Crippen LogP contribution in [0.5, 0.6) is 0 Å². The molecule has 0 aliphatic carbocycles. The van der Waals surface area contributed by atoms with Crippen molar-refractivity contribution in [3.05, 3.63) is 70.2 Å². The summed E-state index contributed by atoms with van der Waals surface area (Å²) in [5.74, 6) is -1.15. The highest BCUT2D eigenvalue weighted by molar-refractivity contribution is 6.31. The number of amides is 4. The Kier molecular flexibility index (Phi) is 8.29. The van der Waals surface area contributed by atoms with Gasteiger partial charge in [-0.05, 0) is 66.7 Å². The Labute approximate surface area is 235 Å². The first-order chi connectivity index (χ1) is 19.4. The molecular weight excluding hydrogens is 536 g/mol.